The smallest absolute Gasteiger partial charge is 0.128 e. The molecule has 2 N–H and O–H groups in total. The molecule has 4 heteroatoms. The Labute approximate surface area is 114 Å². The molecule has 1 saturated heterocycles. The maximum atomic E-state index is 13.9. The Balaban J connectivity index is 2.11. The summed E-state index contributed by atoms with van der Waals surface area (Å²) in [7, 11) is 0. The van der Waals surface area contributed by atoms with Gasteiger partial charge < -0.3 is 10.5 Å². The lowest BCUT2D eigenvalue weighted by Gasteiger charge is -2.32. The van der Waals surface area contributed by atoms with E-state index in [1.807, 2.05) is 12.1 Å². The molecular formula is C15H23FN2O. The fourth-order valence-electron chi connectivity index (χ4n) is 2.74. The van der Waals surface area contributed by atoms with Crippen molar-refractivity contribution in [1.82, 2.24) is 4.90 Å². The van der Waals surface area contributed by atoms with E-state index in [2.05, 4.69) is 11.8 Å². The molecule has 0 amide bonds. The van der Waals surface area contributed by atoms with Crippen molar-refractivity contribution in [3.05, 3.63) is 35.6 Å². The minimum atomic E-state index is -0.177. The van der Waals surface area contributed by atoms with Crippen LogP contribution in [0.3, 0.4) is 0 Å². The van der Waals surface area contributed by atoms with Crippen molar-refractivity contribution in [2.75, 3.05) is 26.2 Å². The van der Waals surface area contributed by atoms with Gasteiger partial charge in [0.05, 0.1) is 6.10 Å². The molecule has 106 valence electrons. The highest BCUT2D eigenvalue weighted by molar-refractivity contribution is 5.21. The molecule has 1 aromatic rings. The van der Waals surface area contributed by atoms with Gasteiger partial charge in [0.2, 0.25) is 0 Å². The van der Waals surface area contributed by atoms with E-state index in [4.69, 9.17) is 10.5 Å². The quantitative estimate of drug-likeness (QED) is 0.859. The van der Waals surface area contributed by atoms with Gasteiger partial charge in [-0.15, -0.1) is 0 Å². The Morgan fingerprint density at radius 1 is 1.47 bits per heavy atom. The summed E-state index contributed by atoms with van der Waals surface area (Å²) in [6, 6.07) is 6.82. The number of hydrogen-bond acceptors (Lipinski definition) is 3. The van der Waals surface area contributed by atoms with Gasteiger partial charge in [0.25, 0.3) is 0 Å². The first kappa shape index (κ1) is 14.4. The highest BCUT2D eigenvalue weighted by atomic mass is 19.1. The second kappa shape index (κ2) is 6.98. The molecule has 0 aromatic heterocycles. The molecule has 1 aliphatic heterocycles. The van der Waals surface area contributed by atoms with E-state index in [-0.39, 0.29) is 18.0 Å². The van der Waals surface area contributed by atoms with Crippen LogP contribution in [0.4, 0.5) is 4.39 Å². The molecule has 2 atom stereocenters. The van der Waals surface area contributed by atoms with Gasteiger partial charge in [-0.05, 0) is 25.5 Å². The van der Waals surface area contributed by atoms with E-state index >= 15 is 0 Å². The molecule has 1 aliphatic rings. The number of rotatable bonds is 6. The number of benzene rings is 1. The zero-order valence-corrected chi connectivity index (χ0v) is 11.5. The molecule has 1 fully saturated rings. The minimum absolute atomic E-state index is 0.0737. The second-order valence-electron chi connectivity index (χ2n) is 5.00. The molecule has 19 heavy (non-hydrogen) atoms. The lowest BCUT2D eigenvalue weighted by molar-refractivity contribution is 0.0595. The standard InChI is InChI=1S/C15H23FN2O/c1-2-18(11-12-6-5-9-19-12)15(10-17)13-7-3-4-8-14(13)16/h3-4,7-8,12,15H,2,5-6,9-11,17H2,1H3. The van der Waals surface area contributed by atoms with Gasteiger partial charge >= 0.3 is 0 Å². The average Bonchev–Trinajstić information content (AvgIpc) is 2.93. The molecule has 1 heterocycles. The fourth-order valence-corrected chi connectivity index (χ4v) is 2.74. The number of nitrogens with two attached hydrogens (primary N) is 1. The number of hydrogen-bond donors (Lipinski definition) is 1. The monoisotopic (exact) mass is 266 g/mol. The zero-order valence-electron chi connectivity index (χ0n) is 11.5. The van der Waals surface area contributed by atoms with Gasteiger partial charge in [0.15, 0.2) is 0 Å². The summed E-state index contributed by atoms with van der Waals surface area (Å²) < 4.78 is 19.6. The van der Waals surface area contributed by atoms with Crippen LogP contribution in [-0.4, -0.2) is 37.2 Å². The van der Waals surface area contributed by atoms with Gasteiger partial charge in [0.1, 0.15) is 5.82 Å². The van der Waals surface area contributed by atoms with Crippen LogP contribution in [0, 0.1) is 5.82 Å². The summed E-state index contributed by atoms with van der Waals surface area (Å²) in [6.45, 7) is 5.01. The third kappa shape index (κ3) is 3.53. The summed E-state index contributed by atoms with van der Waals surface area (Å²) in [5.74, 6) is -0.177. The minimum Gasteiger partial charge on any atom is -0.377 e. The molecule has 0 aliphatic carbocycles. The van der Waals surface area contributed by atoms with Gasteiger partial charge in [-0.1, -0.05) is 25.1 Å². The third-order valence-corrected chi connectivity index (χ3v) is 3.80. The molecule has 0 spiro atoms. The van der Waals surface area contributed by atoms with Crippen LogP contribution in [0.2, 0.25) is 0 Å². The second-order valence-corrected chi connectivity index (χ2v) is 5.00. The summed E-state index contributed by atoms with van der Waals surface area (Å²) in [5.41, 5.74) is 6.56. The lowest BCUT2D eigenvalue weighted by atomic mass is 10.0. The Hall–Kier alpha value is -0.970. The average molecular weight is 266 g/mol. The van der Waals surface area contributed by atoms with Crippen LogP contribution in [0.25, 0.3) is 0 Å². The van der Waals surface area contributed by atoms with Crippen LogP contribution in [0.1, 0.15) is 31.4 Å². The Bertz CT molecular complexity index is 393. The fraction of sp³-hybridized carbons (Fsp3) is 0.600. The number of nitrogens with zero attached hydrogens (tertiary/aromatic N) is 1. The predicted molar refractivity (Wildman–Crippen MR) is 74.4 cm³/mol. The van der Waals surface area contributed by atoms with Crippen LogP contribution in [-0.2, 0) is 4.74 Å². The Morgan fingerprint density at radius 2 is 2.26 bits per heavy atom. The highest BCUT2D eigenvalue weighted by Gasteiger charge is 2.25. The number of likely N-dealkylation sites (N-methyl/N-ethyl adjacent to an activating group) is 1. The van der Waals surface area contributed by atoms with Crippen molar-refractivity contribution in [1.29, 1.82) is 0 Å². The maximum absolute atomic E-state index is 13.9. The summed E-state index contributed by atoms with van der Waals surface area (Å²) >= 11 is 0. The molecule has 0 saturated carbocycles. The van der Waals surface area contributed by atoms with Crippen molar-refractivity contribution >= 4 is 0 Å². The van der Waals surface area contributed by atoms with Crippen molar-refractivity contribution < 1.29 is 9.13 Å². The van der Waals surface area contributed by atoms with Crippen LogP contribution in [0.15, 0.2) is 24.3 Å². The summed E-state index contributed by atoms with van der Waals surface area (Å²) in [6.07, 6.45) is 2.47. The van der Waals surface area contributed by atoms with Crippen molar-refractivity contribution in [2.45, 2.75) is 31.9 Å². The number of ether oxygens (including phenoxy) is 1. The molecular weight excluding hydrogens is 243 g/mol. The van der Waals surface area contributed by atoms with E-state index in [1.54, 1.807) is 6.07 Å². The van der Waals surface area contributed by atoms with Gasteiger partial charge in [-0.25, -0.2) is 4.39 Å². The van der Waals surface area contributed by atoms with Crippen molar-refractivity contribution in [3.63, 3.8) is 0 Å². The van der Waals surface area contributed by atoms with Crippen LogP contribution < -0.4 is 5.73 Å². The summed E-state index contributed by atoms with van der Waals surface area (Å²) in [5, 5.41) is 0. The normalized spacial score (nSPS) is 20.9. The van der Waals surface area contributed by atoms with E-state index in [1.165, 1.54) is 6.07 Å². The van der Waals surface area contributed by atoms with Crippen LogP contribution >= 0.6 is 0 Å². The molecule has 1 aromatic carbocycles. The highest BCUT2D eigenvalue weighted by Crippen LogP contribution is 2.24. The van der Waals surface area contributed by atoms with Gasteiger partial charge in [0, 0.05) is 31.3 Å². The Morgan fingerprint density at radius 3 is 2.84 bits per heavy atom. The maximum Gasteiger partial charge on any atom is 0.128 e. The van der Waals surface area contributed by atoms with Crippen molar-refractivity contribution in [2.24, 2.45) is 5.73 Å². The lowest BCUT2D eigenvalue weighted by Crippen LogP contribution is -2.39. The van der Waals surface area contributed by atoms with E-state index in [0.29, 0.717) is 12.1 Å². The third-order valence-electron chi connectivity index (χ3n) is 3.80. The zero-order chi connectivity index (χ0) is 13.7. The topological polar surface area (TPSA) is 38.5 Å². The van der Waals surface area contributed by atoms with Gasteiger partial charge in [-0.2, -0.15) is 0 Å². The van der Waals surface area contributed by atoms with Crippen LogP contribution in [0.5, 0.6) is 0 Å². The van der Waals surface area contributed by atoms with Crippen molar-refractivity contribution in [3.8, 4) is 0 Å². The predicted octanol–water partition coefficient (Wildman–Crippen LogP) is 2.33. The molecule has 2 rings (SSSR count). The Kier molecular flexibility index (Phi) is 5.31. The number of halogens is 1. The first-order chi connectivity index (χ1) is 9.26. The van der Waals surface area contributed by atoms with E-state index in [0.717, 1.165) is 32.5 Å². The molecule has 0 bridgehead atoms. The molecule has 2 unspecified atom stereocenters. The molecule has 0 radical (unpaired) electrons. The SMILES string of the molecule is CCN(CC1CCCO1)C(CN)c1ccccc1F. The molecule has 3 nitrogen and oxygen atoms in total. The first-order valence-corrected chi connectivity index (χ1v) is 7.06. The largest absolute Gasteiger partial charge is 0.377 e. The van der Waals surface area contributed by atoms with E-state index < -0.39 is 0 Å². The van der Waals surface area contributed by atoms with Gasteiger partial charge in [-0.3, -0.25) is 4.90 Å². The van der Waals surface area contributed by atoms with E-state index in [9.17, 15) is 4.39 Å². The summed E-state index contributed by atoms with van der Waals surface area (Å²) in [4.78, 5) is 2.22. The first-order valence-electron chi connectivity index (χ1n) is 7.06.